The van der Waals surface area contributed by atoms with Gasteiger partial charge < -0.3 is 10.2 Å². The maximum atomic E-state index is 12.2. The second kappa shape index (κ2) is 5.65. The molecule has 18 heavy (non-hydrogen) atoms. The molecular weight excluding hydrogens is 248 g/mol. The number of nitrogens with one attached hydrogen (secondary N) is 1. The van der Waals surface area contributed by atoms with Gasteiger partial charge in [-0.1, -0.05) is 25.2 Å². The lowest BCUT2D eigenvalue weighted by atomic mass is 9.95. The number of anilines is 1. The molecule has 2 rings (SSSR count). The van der Waals surface area contributed by atoms with Gasteiger partial charge >= 0.3 is 0 Å². The molecule has 1 amide bonds. The van der Waals surface area contributed by atoms with Crippen molar-refractivity contribution in [2.24, 2.45) is 11.8 Å². The molecule has 0 spiro atoms. The van der Waals surface area contributed by atoms with E-state index >= 15 is 0 Å². The van der Waals surface area contributed by atoms with Crippen molar-refractivity contribution in [3.63, 3.8) is 0 Å². The zero-order valence-electron chi connectivity index (χ0n) is 11.1. The molecule has 1 atom stereocenters. The van der Waals surface area contributed by atoms with Gasteiger partial charge in [0.05, 0.1) is 0 Å². The van der Waals surface area contributed by atoms with E-state index in [4.69, 9.17) is 0 Å². The van der Waals surface area contributed by atoms with Gasteiger partial charge in [0.2, 0.25) is 10.1 Å². The molecule has 1 fully saturated rings. The highest BCUT2D eigenvalue weighted by Crippen LogP contribution is 2.26. The molecular formula is C12H20N4OS. The van der Waals surface area contributed by atoms with Crippen LogP contribution >= 0.6 is 11.3 Å². The van der Waals surface area contributed by atoms with Crippen LogP contribution in [-0.2, 0) is 0 Å². The summed E-state index contributed by atoms with van der Waals surface area (Å²) in [6, 6.07) is 0. The molecule has 1 aromatic heterocycles. The monoisotopic (exact) mass is 268 g/mol. The van der Waals surface area contributed by atoms with Gasteiger partial charge in [-0.25, -0.2) is 0 Å². The molecule has 1 aliphatic rings. The number of likely N-dealkylation sites (tertiary alicyclic amines) is 1. The van der Waals surface area contributed by atoms with Crippen LogP contribution in [0.5, 0.6) is 0 Å². The van der Waals surface area contributed by atoms with Gasteiger partial charge in [0.25, 0.3) is 5.91 Å². The number of carbonyl (C=O) groups excluding carboxylic acids is 1. The SMILES string of the molecule is CCNc1nnc(C(=O)N2CCC(C(C)C)C2)s1. The molecule has 5 nitrogen and oxygen atoms in total. The summed E-state index contributed by atoms with van der Waals surface area (Å²) in [5.41, 5.74) is 0. The fourth-order valence-corrected chi connectivity index (χ4v) is 2.96. The number of aromatic nitrogens is 2. The van der Waals surface area contributed by atoms with Crippen molar-refractivity contribution in [2.75, 3.05) is 25.0 Å². The van der Waals surface area contributed by atoms with Gasteiger partial charge in [-0.3, -0.25) is 4.79 Å². The summed E-state index contributed by atoms with van der Waals surface area (Å²) in [6.45, 7) is 8.92. The van der Waals surface area contributed by atoms with Crippen LogP contribution in [0.4, 0.5) is 5.13 Å². The number of hydrogen-bond acceptors (Lipinski definition) is 5. The van der Waals surface area contributed by atoms with E-state index in [1.165, 1.54) is 11.3 Å². The average molecular weight is 268 g/mol. The molecule has 100 valence electrons. The maximum absolute atomic E-state index is 12.2. The molecule has 0 aliphatic carbocycles. The smallest absolute Gasteiger partial charge is 0.284 e. The molecule has 1 saturated heterocycles. The first kappa shape index (κ1) is 13.3. The highest BCUT2D eigenvalue weighted by Gasteiger charge is 2.30. The summed E-state index contributed by atoms with van der Waals surface area (Å²) in [6.07, 6.45) is 1.10. The van der Waals surface area contributed by atoms with Crippen molar-refractivity contribution in [1.29, 1.82) is 0 Å². The summed E-state index contributed by atoms with van der Waals surface area (Å²) in [5, 5.41) is 12.2. The normalized spacial score (nSPS) is 19.6. The highest BCUT2D eigenvalue weighted by molar-refractivity contribution is 7.17. The third-order valence-corrected chi connectivity index (χ3v) is 4.26. The molecule has 0 bridgehead atoms. The molecule has 0 saturated carbocycles. The number of carbonyl (C=O) groups is 1. The van der Waals surface area contributed by atoms with E-state index in [2.05, 4.69) is 29.4 Å². The van der Waals surface area contributed by atoms with E-state index in [9.17, 15) is 4.79 Å². The molecule has 0 radical (unpaired) electrons. The van der Waals surface area contributed by atoms with Crippen LogP contribution in [0.3, 0.4) is 0 Å². The summed E-state index contributed by atoms with van der Waals surface area (Å²) in [5.74, 6) is 1.28. The first-order chi connectivity index (χ1) is 8.61. The van der Waals surface area contributed by atoms with E-state index in [0.717, 1.165) is 31.2 Å². The number of rotatable bonds is 4. The van der Waals surface area contributed by atoms with Crippen LogP contribution in [0, 0.1) is 11.8 Å². The Hall–Kier alpha value is -1.17. The predicted octanol–water partition coefficient (Wildman–Crippen LogP) is 2.09. The highest BCUT2D eigenvalue weighted by atomic mass is 32.1. The molecule has 2 heterocycles. The number of amides is 1. The fourth-order valence-electron chi connectivity index (χ4n) is 2.18. The van der Waals surface area contributed by atoms with Gasteiger partial charge in [0, 0.05) is 19.6 Å². The largest absolute Gasteiger partial charge is 0.360 e. The van der Waals surface area contributed by atoms with Gasteiger partial charge in [0.1, 0.15) is 0 Å². The molecule has 6 heteroatoms. The lowest BCUT2D eigenvalue weighted by molar-refractivity contribution is 0.0783. The third kappa shape index (κ3) is 2.80. The topological polar surface area (TPSA) is 58.1 Å². The Morgan fingerprint density at radius 2 is 2.33 bits per heavy atom. The van der Waals surface area contributed by atoms with Crippen LogP contribution in [0.25, 0.3) is 0 Å². The summed E-state index contributed by atoms with van der Waals surface area (Å²) >= 11 is 1.34. The quantitative estimate of drug-likeness (QED) is 0.908. The van der Waals surface area contributed by atoms with Gasteiger partial charge in [0.15, 0.2) is 0 Å². The van der Waals surface area contributed by atoms with Gasteiger partial charge in [-0.15, -0.1) is 10.2 Å². The zero-order chi connectivity index (χ0) is 13.1. The lowest BCUT2D eigenvalue weighted by Crippen LogP contribution is -2.29. The van der Waals surface area contributed by atoms with Crippen LogP contribution < -0.4 is 5.32 Å². The predicted molar refractivity (Wildman–Crippen MR) is 72.9 cm³/mol. The average Bonchev–Trinajstić information content (AvgIpc) is 2.97. The third-order valence-electron chi connectivity index (χ3n) is 3.39. The molecule has 0 aromatic carbocycles. The number of nitrogens with zero attached hydrogens (tertiary/aromatic N) is 3. The van der Waals surface area contributed by atoms with E-state index in [1.807, 2.05) is 11.8 Å². The summed E-state index contributed by atoms with van der Waals surface area (Å²) in [7, 11) is 0. The van der Waals surface area contributed by atoms with E-state index in [0.29, 0.717) is 16.8 Å². The second-order valence-corrected chi connectivity index (χ2v) is 5.96. The van der Waals surface area contributed by atoms with Gasteiger partial charge in [-0.2, -0.15) is 0 Å². The Kier molecular flexibility index (Phi) is 4.16. The fraction of sp³-hybridized carbons (Fsp3) is 0.750. The first-order valence-electron chi connectivity index (χ1n) is 6.48. The Labute approximate surface area is 112 Å². The number of hydrogen-bond donors (Lipinski definition) is 1. The molecule has 1 aromatic rings. The van der Waals surface area contributed by atoms with Crippen molar-refractivity contribution < 1.29 is 4.79 Å². The Bertz CT molecular complexity index is 418. The van der Waals surface area contributed by atoms with Crippen molar-refractivity contribution in [3.8, 4) is 0 Å². The Balaban J connectivity index is 1.99. The minimum atomic E-state index is 0.0276. The lowest BCUT2D eigenvalue weighted by Gasteiger charge is -2.16. The van der Waals surface area contributed by atoms with E-state index in [1.54, 1.807) is 0 Å². The summed E-state index contributed by atoms with van der Waals surface area (Å²) < 4.78 is 0. The molecule has 1 aliphatic heterocycles. The maximum Gasteiger partial charge on any atom is 0.284 e. The minimum absolute atomic E-state index is 0.0276. The van der Waals surface area contributed by atoms with Crippen molar-refractivity contribution in [3.05, 3.63) is 5.01 Å². The van der Waals surface area contributed by atoms with E-state index < -0.39 is 0 Å². The summed E-state index contributed by atoms with van der Waals surface area (Å²) in [4.78, 5) is 14.1. The zero-order valence-corrected chi connectivity index (χ0v) is 12.0. The van der Waals surface area contributed by atoms with Crippen molar-refractivity contribution >= 4 is 22.4 Å². The first-order valence-corrected chi connectivity index (χ1v) is 7.30. The van der Waals surface area contributed by atoms with Gasteiger partial charge in [-0.05, 0) is 25.2 Å². The Morgan fingerprint density at radius 3 is 2.94 bits per heavy atom. The van der Waals surface area contributed by atoms with Crippen LogP contribution in [-0.4, -0.2) is 40.6 Å². The van der Waals surface area contributed by atoms with Crippen LogP contribution in [0.2, 0.25) is 0 Å². The molecule has 1 unspecified atom stereocenters. The van der Waals surface area contributed by atoms with Crippen LogP contribution in [0.1, 0.15) is 37.0 Å². The standard InChI is InChI=1S/C12H20N4OS/c1-4-13-12-15-14-10(18-12)11(17)16-6-5-9(7-16)8(2)3/h8-9H,4-7H2,1-3H3,(H,13,15). The van der Waals surface area contributed by atoms with Crippen molar-refractivity contribution in [2.45, 2.75) is 27.2 Å². The van der Waals surface area contributed by atoms with E-state index in [-0.39, 0.29) is 5.91 Å². The minimum Gasteiger partial charge on any atom is -0.360 e. The van der Waals surface area contributed by atoms with Crippen molar-refractivity contribution in [1.82, 2.24) is 15.1 Å². The van der Waals surface area contributed by atoms with Crippen LogP contribution in [0.15, 0.2) is 0 Å². The second-order valence-electron chi connectivity index (χ2n) is 4.99. The Morgan fingerprint density at radius 1 is 1.56 bits per heavy atom. The molecule has 1 N–H and O–H groups in total.